The number of carbonyl (C=O) groups excluding carboxylic acids is 1. The van der Waals surface area contributed by atoms with Crippen molar-refractivity contribution >= 4 is 5.91 Å². The summed E-state index contributed by atoms with van der Waals surface area (Å²) in [4.78, 5) is 29.3. The van der Waals surface area contributed by atoms with Crippen LogP contribution in [0.1, 0.15) is 29.7 Å². The Morgan fingerprint density at radius 1 is 1.28 bits per heavy atom. The lowest BCUT2D eigenvalue weighted by Gasteiger charge is -2.43. The van der Waals surface area contributed by atoms with E-state index in [0.717, 1.165) is 18.8 Å². The minimum atomic E-state index is 0.00262. The minimum Gasteiger partial charge on any atom is -0.480 e. The first-order chi connectivity index (χ1) is 12.1. The summed E-state index contributed by atoms with van der Waals surface area (Å²) in [6, 6.07) is 0.226. The van der Waals surface area contributed by atoms with Gasteiger partial charge in [-0.1, -0.05) is 5.16 Å². The van der Waals surface area contributed by atoms with Gasteiger partial charge in [0, 0.05) is 45.0 Å². The van der Waals surface area contributed by atoms with E-state index in [1.165, 1.54) is 0 Å². The molecule has 25 heavy (non-hydrogen) atoms. The van der Waals surface area contributed by atoms with Crippen LogP contribution < -0.4 is 4.74 Å². The molecule has 2 aromatic rings. The highest BCUT2D eigenvalue weighted by molar-refractivity contribution is 5.80. The van der Waals surface area contributed by atoms with Gasteiger partial charge < -0.3 is 14.2 Å². The zero-order chi connectivity index (χ0) is 17.4. The number of amides is 1. The first kappa shape index (κ1) is 15.9. The Morgan fingerprint density at radius 2 is 2.08 bits per heavy atom. The zero-order valence-electron chi connectivity index (χ0n) is 14.3. The lowest BCUT2D eigenvalue weighted by molar-refractivity contribution is -0.133. The SMILES string of the molecule is COc1nccnc1CN1CC(N2CC(c3nc(C)no3)CC2=O)C1. The van der Waals surface area contributed by atoms with Gasteiger partial charge in [-0.3, -0.25) is 14.7 Å². The summed E-state index contributed by atoms with van der Waals surface area (Å²) in [7, 11) is 1.59. The van der Waals surface area contributed by atoms with Crippen molar-refractivity contribution < 1.29 is 14.1 Å². The molecule has 4 heterocycles. The highest BCUT2D eigenvalue weighted by atomic mass is 16.5. The number of methoxy groups -OCH3 is 1. The topological polar surface area (TPSA) is 97.5 Å². The molecule has 0 aliphatic carbocycles. The average Bonchev–Trinajstić information content (AvgIpc) is 3.17. The Hall–Kier alpha value is -2.55. The summed E-state index contributed by atoms with van der Waals surface area (Å²) in [5.41, 5.74) is 0.815. The molecular formula is C16H20N6O3. The molecule has 2 aliphatic rings. The quantitative estimate of drug-likeness (QED) is 0.768. The highest BCUT2D eigenvalue weighted by Gasteiger charge is 2.42. The summed E-state index contributed by atoms with van der Waals surface area (Å²) in [6.07, 6.45) is 3.72. The van der Waals surface area contributed by atoms with Gasteiger partial charge in [-0.15, -0.1) is 0 Å². The molecule has 9 nitrogen and oxygen atoms in total. The van der Waals surface area contributed by atoms with Crippen LogP contribution in [0, 0.1) is 6.92 Å². The van der Waals surface area contributed by atoms with Gasteiger partial charge in [-0.05, 0) is 6.92 Å². The second-order valence-electron chi connectivity index (χ2n) is 6.49. The van der Waals surface area contributed by atoms with E-state index in [0.29, 0.717) is 37.1 Å². The fraction of sp³-hybridized carbons (Fsp3) is 0.562. The Labute approximate surface area is 145 Å². The number of hydrogen-bond acceptors (Lipinski definition) is 8. The number of aromatic nitrogens is 4. The van der Waals surface area contributed by atoms with Crippen molar-refractivity contribution in [2.24, 2.45) is 0 Å². The number of hydrogen-bond donors (Lipinski definition) is 0. The van der Waals surface area contributed by atoms with E-state index in [-0.39, 0.29) is 17.9 Å². The summed E-state index contributed by atoms with van der Waals surface area (Å²) in [5, 5.41) is 3.82. The number of aryl methyl sites for hydroxylation is 1. The molecule has 0 radical (unpaired) electrons. The largest absolute Gasteiger partial charge is 0.480 e. The molecule has 0 N–H and O–H groups in total. The molecular weight excluding hydrogens is 324 g/mol. The minimum absolute atomic E-state index is 0.00262. The Bertz CT molecular complexity index is 773. The van der Waals surface area contributed by atoms with Crippen LogP contribution in [0.4, 0.5) is 0 Å². The van der Waals surface area contributed by atoms with Gasteiger partial charge in [-0.25, -0.2) is 4.98 Å². The number of rotatable bonds is 5. The van der Waals surface area contributed by atoms with Gasteiger partial charge in [0.1, 0.15) is 5.69 Å². The predicted octanol–water partition coefficient (Wildman–Crippen LogP) is 0.377. The maximum atomic E-state index is 12.3. The molecule has 0 saturated carbocycles. The standard InChI is InChI=1S/C16H20N6O3/c1-10-19-15(25-20-10)11-5-14(23)22(6-11)12-7-21(8-12)9-13-16(24-2)18-4-3-17-13/h3-4,11-12H,5-9H2,1-2H3. The van der Waals surface area contributed by atoms with Gasteiger partial charge in [0.25, 0.3) is 0 Å². The molecule has 9 heteroatoms. The average molecular weight is 344 g/mol. The first-order valence-electron chi connectivity index (χ1n) is 8.30. The Morgan fingerprint density at radius 3 is 2.80 bits per heavy atom. The molecule has 0 aromatic carbocycles. The normalized spacial score (nSPS) is 21.6. The van der Waals surface area contributed by atoms with Crippen molar-refractivity contribution in [1.29, 1.82) is 0 Å². The van der Waals surface area contributed by atoms with E-state index in [2.05, 4.69) is 25.0 Å². The maximum absolute atomic E-state index is 12.3. The van der Waals surface area contributed by atoms with Gasteiger partial charge in [-0.2, -0.15) is 4.98 Å². The van der Waals surface area contributed by atoms with Crippen molar-refractivity contribution in [2.75, 3.05) is 26.7 Å². The van der Waals surface area contributed by atoms with E-state index in [1.54, 1.807) is 26.4 Å². The van der Waals surface area contributed by atoms with Gasteiger partial charge in [0.15, 0.2) is 5.82 Å². The fourth-order valence-electron chi connectivity index (χ4n) is 3.44. The molecule has 2 aromatic heterocycles. The second kappa shape index (κ2) is 6.40. The van der Waals surface area contributed by atoms with Gasteiger partial charge in [0.2, 0.25) is 17.7 Å². The number of likely N-dealkylation sites (tertiary alicyclic amines) is 2. The van der Waals surface area contributed by atoms with Crippen LogP contribution in [-0.4, -0.2) is 68.6 Å². The van der Waals surface area contributed by atoms with Crippen LogP contribution in [-0.2, 0) is 11.3 Å². The molecule has 132 valence electrons. The molecule has 4 rings (SSSR count). The van der Waals surface area contributed by atoms with Crippen molar-refractivity contribution in [1.82, 2.24) is 29.9 Å². The third-order valence-electron chi connectivity index (χ3n) is 4.73. The van der Waals surface area contributed by atoms with E-state index in [4.69, 9.17) is 9.26 Å². The molecule has 2 fully saturated rings. The lowest BCUT2D eigenvalue weighted by atomic mass is 10.1. The van der Waals surface area contributed by atoms with Crippen LogP contribution in [0.3, 0.4) is 0 Å². The molecule has 0 spiro atoms. The maximum Gasteiger partial charge on any atom is 0.236 e. The molecule has 2 aliphatic heterocycles. The molecule has 1 unspecified atom stereocenters. The van der Waals surface area contributed by atoms with Crippen LogP contribution in [0.25, 0.3) is 0 Å². The van der Waals surface area contributed by atoms with E-state index >= 15 is 0 Å². The summed E-state index contributed by atoms with van der Waals surface area (Å²) < 4.78 is 10.5. The number of ether oxygens (including phenoxy) is 1. The number of nitrogens with zero attached hydrogens (tertiary/aromatic N) is 6. The van der Waals surface area contributed by atoms with Crippen LogP contribution in [0.2, 0.25) is 0 Å². The Kier molecular flexibility index (Phi) is 4.08. The van der Waals surface area contributed by atoms with E-state index in [9.17, 15) is 4.79 Å². The van der Waals surface area contributed by atoms with Crippen molar-refractivity contribution in [3.63, 3.8) is 0 Å². The predicted molar refractivity (Wildman–Crippen MR) is 85.8 cm³/mol. The monoisotopic (exact) mass is 344 g/mol. The summed E-state index contributed by atoms with van der Waals surface area (Å²) in [6.45, 7) is 4.74. The fourth-order valence-corrected chi connectivity index (χ4v) is 3.44. The number of carbonyl (C=O) groups is 1. The summed E-state index contributed by atoms with van der Waals surface area (Å²) >= 11 is 0. The van der Waals surface area contributed by atoms with Crippen LogP contribution in [0.15, 0.2) is 16.9 Å². The lowest BCUT2D eigenvalue weighted by Crippen LogP contribution is -2.59. The molecule has 1 amide bonds. The summed E-state index contributed by atoms with van der Waals surface area (Å²) in [5.74, 6) is 1.88. The second-order valence-corrected chi connectivity index (χ2v) is 6.49. The van der Waals surface area contributed by atoms with Crippen molar-refractivity contribution in [2.45, 2.75) is 31.8 Å². The van der Waals surface area contributed by atoms with Gasteiger partial charge in [0.05, 0.1) is 19.1 Å². The molecule has 2 saturated heterocycles. The van der Waals surface area contributed by atoms with Crippen LogP contribution >= 0.6 is 0 Å². The highest BCUT2D eigenvalue weighted by Crippen LogP contribution is 2.31. The molecule has 0 bridgehead atoms. The first-order valence-corrected chi connectivity index (χ1v) is 8.30. The third-order valence-corrected chi connectivity index (χ3v) is 4.73. The molecule has 1 atom stereocenters. The van der Waals surface area contributed by atoms with E-state index < -0.39 is 0 Å². The smallest absolute Gasteiger partial charge is 0.236 e. The zero-order valence-corrected chi connectivity index (χ0v) is 14.3. The van der Waals surface area contributed by atoms with Crippen molar-refractivity contribution in [3.8, 4) is 5.88 Å². The Balaban J connectivity index is 1.34. The van der Waals surface area contributed by atoms with E-state index in [1.807, 2.05) is 4.90 Å². The van der Waals surface area contributed by atoms with Crippen molar-refractivity contribution in [3.05, 3.63) is 29.8 Å². The van der Waals surface area contributed by atoms with Gasteiger partial charge >= 0.3 is 0 Å². The third kappa shape index (κ3) is 3.07. The van der Waals surface area contributed by atoms with Crippen LogP contribution in [0.5, 0.6) is 5.88 Å².